The van der Waals surface area contributed by atoms with Gasteiger partial charge in [0.1, 0.15) is 5.82 Å². The van der Waals surface area contributed by atoms with E-state index in [1.165, 1.54) is 0 Å². The van der Waals surface area contributed by atoms with Gasteiger partial charge in [0.2, 0.25) is 0 Å². The van der Waals surface area contributed by atoms with E-state index in [0.29, 0.717) is 22.3 Å². The average Bonchev–Trinajstić information content (AvgIpc) is 2.49. The van der Waals surface area contributed by atoms with Crippen LogP contribution in [0.15, 0.2) is 42.6 Å². The third-order valence-electron chi connectivity index (χ3n) is 3.11. The molecule has 0 fully saturated rings. The predicted molar refractivity (Wildman–Crippen MR) is 87.0 cm³/mol. The Morgan fingerprint density at radius 2 is 2.14 bits per heavy atom. The highest BCUT2D eigenvalue weighted by Crippen LogP contribution is 2.15. The van der Waals surface area contributed by atoms with E-state index in [9.17, 15) is 4.79 Å². The smallest absolute Gasteiger partial charge is 0.255 e. The fourth-order valence-corrected chi connectivity index (χ4v) is 1.93. The van der Waals surface area contributed by atoms with Gasteiger partial charge < -0.3 is 10.6 Å². The summed E-state index contributed by atoms with van der Waals surface area (Å²) in [6, 6.07) is 10.9. The molecule has 1 aromatic heterocycles. The quantitative estimate of drug-likeness (QED) is 0.870. The maximum Gasteiger partial charge on any atom is 0.255 e. The summed E-state index contributed by atoms with van der Waals surface area (Å²) < 4.78 is 0. The Kier molecular flexibility index (Phi) is 5.17. The van der Waals surface area contributed by atoms with Crippen molar-refractivity contribution < 1.29 is 4.79 Å². The monoisotopic (exact) mass is 303 g/mol. The lowest BCUT2D eigenvalue weighted by Crippen LogP contribution is -2.15. The molecule has 4 nitrogen and oxygen atoms in total. The van der Waals surface area contributed by atoms with Crippen molar-refractivity contribution in [2.24, 2.45) is 0 Å². The second kappa shape index (κ2) is 7.09. The fourth-order valence-electron chi connectivity index (χ4n) is 1.74. The Hall–Kier alpha value is -2.07. The molecular formula is C16H18ClN3O. The number of hydrogen-bond acceptors (Lipinski definition) is 3. The molecule has 1 aromatic carbocycles. The van der Waals surface area contributed by atoms with E-state index >= 15 is 0 Å². The summed E-state index contributed by atoms with van der Waals surface area (Å²) in [6.07, 6.45) is 2.65. The Morgan fingerprint density at radius 3 is 2.76 bits per heavy atom. The van der Waals surface area contributed by atoms with Crippen LogP contribution in [0.3, 0.4) is 0 Å². The van der Waals surface area contributed by atoms with Gasteiger partial charge in [0, 0.05) is 16.6 Å². The van der Waals surface area contributed by atoms with Gasteiger partial charge in [0.25, 0.3) is 5.91 Å². The molecule has 0 radical (unpaired) electrons. The molecule has 0 saturated heterocycles. The molecule has 2 aromatic rings. The van der Waals surface area contributed by atoms with Crippen LogP contribution in [0.1, 0.15) is 30.6 Å². The summed E-state index contributed by atoms with van der Waals surface area (Å²) >= 11 is 5.87. The van der Waals surface area contributed by atoms with Crippen molar-refractivity contribution in [2.45, 2.75) is 26.3 Å². The highest BCUT2D eigenvalue weighted by Gasteiger charge is 2.07. The van der Waals surface area contributed by atoms with Crippen molar-refractivity contribution in [1.82, 2.24) is 4.98 Å². The Bertz CT molecular complexity index is 613. The molecule has 5 heteroatoms. The Morgan fingerprint density at radius 1 is 1.33 bits per heavy atom. The minimum absolute atomic E-state index is 0.207. The SMILES string of the molecule is CCC(C)Nc1ccc(NC(=O)c2cccc(Cl)c2)cn1. The van der Waals surface area contributed by atoms with Crippen LogP contribution in [-0.2, 0) is 0 Å². The summed E-state index contributed by atoms with van der Waals surface area (Å²) in [5.74, 6) is 0.590. The number of halogens is 1. The lowest BCUT2D eigenvalue weighted by atomic mass is 10.2. The van der Waals surface area contributed by atoms with Gasteiger partial charge in [-0.3, -0.25) is 4.79 Å². The molecule has 0 bridgehead atoms. The molecule has 1 heterocycles. The number of anilines is 2. The van der Waals surface area contributed by atoms with Crippen LogP contribution >= 0.6 is 11.6 Å². The molecule has 1 atom stereocenters. The normalized spacial score (nSPS) is 11.8. The number of amides is 1. The first kappa shape index (κ1) is 15.3. The first-order chi connectivity index (χ1) is 10.1. The van der Waals surface area contributed by atoms with Crippen molar-refractivity contribution in [2.75, 3.05) is 10.6 Å². The fraction of sp³-hybridized carbons (Fsp3) is 0.250. The van der Waals surface area contributed by atoms with Crippen LogP contribution in [0.25, 0.3) is 0 Å². The lowest BCUT2D eigenvalue weighted by molar-refractivity contribution is 0.102. The van der Waals surface area contributed by atoms with Crippen LogP contribution in [0.5, 0.6) is 0 Å². The summed E-state index contributed by atoms with van der Waals surface area (Å²) in [6.45, 7) is 4.20. The van der Waals surface area contributed by atoms with Crippen molar-refractivity contribution in [3.63, 3.8) is 0 Å². The van der Waals surface area contributed by atoms with Gasteiger partial charge in [-0.2, -0.15) is 0 Å². The number of hydrogen-bond donors (Lipinski definition) is 2. The van der Waals surface area contributed by atoms with Gasteiger partial charge in [-0.05, 0) is 43.7 Å². The van der Waals surface area contributed by atoms with E-state index in [1.807, 2.05) is 12.1 Å². The largest absolute Gasteiger partial charge is 0.368 e. The van der Waals surface area contributed by atoms with Crippen LogP contribution in [0.2, 0.25) is 5.02 Å². The van der Waals surface area contributed by atoms with Gasteiger partial charge in [-0.15, -0.1) is 0 Å². The van der Waals surface area contributed by atoms with Crippen molar-refractivity contribution in [3.05, 3.63) is 53.2 Å². The van der Waals surface area contributed by atoms with Gasteiger partial charge in [-0.1, -0.05) is 24.6 Å². The van der Waals surface area contributed by atoms with E-state index in [-0.39, 0.29) is 5.91 Å². The molecule has 0 aliphatic carbocycles. The predicted octanol–water partition coefficient (Wildman–Crippen LogP) is 4.20. The average molecular weight is 304 g/mol. The number of pyridine rings is 1. The van der Waals surface area contributed by atoms with Crippen molar-refractivity contribution in [1.29, 1.82) is 0 Å². The first-order valence-corrected chi connectivity index (χ1v) is 7.25. The Labute approximate surface area is 129 Å². The van der Waals surface area contributed by atoms with Crippen LogP contribution in [0, 0.1) is 0 Å². The number of nitrogens with zero attached hydrogens (tertiary/aromatic N) is 1. The number of carbonyl (C=O) groups is 1. The minimum atomic E-state index is -0.207. The third kappa shape index (κ3) is 4.46. The van der Waals surface area contributed by atoms with Crippen molar-refractivity contribution >= 4 is 29.0 Å². The molecule has 1 amide bonds. The minimum Gasteiger partial charge on any atom is -0.368 e. The maximum atomic E-state index is 12.1. The molecule has 0 spiro atoms. The third-order valence-corrected chi connectivity index (χ3v) is 3.35. The summed E-state index contributed by atoms with van der Waals surface area (Å²) in [5, 5.41) is 6.60. The number of aromatic nitrogens is 1. The zero-order valence-electron chi connectivity index (χ0n) is 12.1. The highest BCUT2D eigenvalue weighted by atomic mass is 35.5. The van der Waals surface area contributed by atoms with Crippen LogP contribution < -0.4 is 10.6 Å². The zero-order valence-corrected chi connectivity index (χ0v) is 12.8. The molecule has 0 aliphatic heterocycles. The molecule has 21 heavy (non-hydrogen) atoms. The first-order valence-electron chi connectivity index (χ1n) is 6.88. The highest BCUT2D eigenvalue weighted by molar-refractivity contribution is 6.31. The molecular weight excluding hydrogens is 286 g/mol. The molecule has 110 valence electrons. The topological polar surface area (TPSA) is 54.0 Å². The van der Waals surface area contributed by atoms with Crippen LogP contribution in [-0.4, -0.2) is 16.9 Å². The van der Waals surface area contributed by atoms with E-state index < -0.39 is 0 Å². The van der Waals surface area contributed by atoms with Crippen molar-refractivity contribution in [3.8, 4) is 0 Å². The van der Waals surface area contributed by atoms with Gasteiger partial charge >= 0.3 is 0 Å². The number of carbonyl (C=O) groups excluding carboxylic acids is 1. The molecule has 2 rings (SSSR count). The van der Waals surface area contributed by atoms with Gasteiger partial charge in [0.15, 0.2) is 0 Å². The Balaban J connectivity index is 2.01. The standard InChI is InChI=1S/C16H18ClN3O/c1-3-11(2)19-15-8-7-14(10-18-15)20-16(21)12-5-4-6-13(17)9-12/h4-11H,3H2,1-2H3,(H,18,19)(H,20,21). The lowest BCUT2D eigenvalue weighted by Gasteiger charge is -2.12. The molecule has 0 saturated carbocycles. The van der Waals surface area contributed by atoms with E-state index in [2.05, 4.69) is 29.5 Å². The number of nitrogens with one attached hydrogen (secondary N) is 2. The molecule has 1 unspecified atom stereocenters. The van der Waals surface area contributed by atoms with E-state index in [4.69, 9.17) is 11.6 Å². The molecule has 2 N–H and O–H groups in total. The van der Waals surface area contributed by atoms with E-state index in [1.54, 1.807) is 30.5 Å². The number of benzene rings is 1. The molecule has 0 aliphatic rings. The van der Waals surface area contributed by atoms with E-state index in [0.717, 1.165) is 12.2 Å². The summed E-state index contributed by atoms with van der Waals surface area (Å²) in [7, 11) is 0. The summed E-state index contributed by atoms with van der Waals surface area (Å²) in [5.41, 5.74) is 1.17. The van der Waals surface area contributed by atoms with Crippen LogP contribution in [0.4, 0.5) is 11.5 Å². The van der Waals surface area contributed by atoms with Gasteiger partial charge in [-0.25, -0.2) is 4.98 Å². The summed E-state index contributed by atoms with van der Waals surface area (Å²) in [4.78, 5) is 16.3. The maximum absolute atomic E-state index is 12.1. The second-order valence-electron chi connectivity index (χ2n) is 4.85. The number of rotatable bonds is 5. The second-order valence-corrected chi connectivity index (χ2v) is 5.29. The zero-order chi connectivity index (χ0) is 15.2. The van der Waals surface area contributed by atoms with Gasteiger partial charge in [0.05, 0.1) is 11.9 Å².